The third kappa shape index (κ3) is 2.42. The minimum absolute atomic E-state index is 0.0815. The molecule has 1 aromatic rings. The van der Waals surface area contributed by atoms with E-state index in [-0.39, 0.29) is 18.0 Å². The van der Waals surface area contributed by atoms with Crippen molar-refractivity contribution in [1.29, 1.82) is 0 Å². The third-order valence-corrected chi connectivity index (χ3v) is 3.38. The number of hydrogen-bond acceptors (Lipinski definition) is 4. The van der Waals surface area contributed by atoms with Crippen molar-refractivity contribution in [2.45, 2.75) is 38.1 Å². The Bertz CT molecular complexity index is 465. The van der Waals surface area contributed by atoms with Crippen LogP contribution in [0.1, 0.15) is 25.2 Å². The predicted octanol–water partition coefficient (Wildman–Crippen LogP) is -0.352. The molecule has 6 nitrogen and oxygen atoms in total. The molecule has 0 bridgehead atoms. The van der Waals surface area contributed by atoms with Gasteiger partial charge in [-0.3, -0.25) is 4.68 Å². The van der Waals surface area contributed by atoms with E-state index in [4.69, 9.17) is 10.2 Å². The number of nitrogens with two attached hydrogens (primary N) is 1. The van der Waals surface area contributed by atoms with E-state index in [0.29, 0.717) is 24.2 Å². The second kappa shape index (κ2) is 4.94. The second-order valence-corrected chi connectivity index (χ2v) is 4.92. The number of aromatic nitrogens is 2. The van der Waals surface area contributed by atoms with E-state index in [0.717, 1.165) is 0 Å². The van der Waals surface area contributed by atoms with Gasteiger partial charge in [0, 0.05) is 0 Å². The zero-order chi connectivity index (χ0) is 12.3. The summed E-state index contributed by atoms with van der Waals surface area (Å²) in [6.45, 7) is 3.85. The quantitative estimate of drug-likeness (QED) is 0.742. The van der Waals surface area contributed by atoms with Crippen LogP contribution in [-0.4, -0.2) is 29.9 Å². The smallest absolute Gasteiger partial charge is 0.241 e. The van der Waals surface area contributed by atoms with Crippen LogP contribution in [0.4, 0.5) is 0 Å². The summed E-state index contributed by atoms with van der Waals surface area (Å²) in [5.74, 6) is 0. The lowest BCUT2D eigenvalue weighted by molar-refractivity contribution is 0.267. The fraction of sp³-hybridized carbons (Fsp3) is 0.667. The Morgan fingerprint density at radius 3 is 2.38 bits per heavy atom. The number of primary sulfonamides is 1. The lowest BCUT2D eigenvalue weighted by atomic mass is 10.2. The fourth-order valence-electron chi connectivity index (χ4n) is 1.72. The average molecular weight is 247 g/mol. The minimum atomic E-state index is -3.75. The molecule has 0 fully saturated rings. The van der Waals surface area contributed by atoms with Crippen LogP contribution in [-0.2, 0) is 29.4 Å². The number of aliphatic hydroxyl groups is 1. The highest BCUT2D eigenvalue weighted by Crippen LogP contribution is 2.20. The molecular weight excluding hydrogens is 230 g/mol. The molecule has 0 saturated carbocycles. The Labute approximate surface area is 95.1 Å². The van der Waals surface area contributed by atoms with Crippen molar-refractivity contribution in [2.75, 3.05) is 6.61 Å². The van der Waals surface area contributed by atoms with Crippen molar-refractivity contribution in [2.24, 2.45) is 5.14 Å². The molecular formula is C9H17N3O3S. The highest BCUT2D eigenvalue weighted by atomic mass is 32.2. The van der Waals surface area contributed by atoms with Crippen LogP contribution in [0, 0.1) is 0 Å². The first-order chi connectivity index (χ1) is 7.45. The van der Waals surface area contributed by atoms with Crippen molar-refractivity contribution in [3.8, 4) is 0 Å². The molecule has 0 radical (unpaired) electrons. The van der Waals surface area contributed by atoms with E-state index >= 15 is 0 Å². The minimum Gasteiger partial charge on any atom is -0.394 e. The molecule has 3 N–H and O–H groups in total. The summed E-state index contributed by atoms with van der Waals surface area (Å²) >= 11 is 0. The number of aryl methyl sites for hydroxylation is 1. The molecule has 0 amide bonds. The SMILES string of the molecule is CCc1nn(CCO)c(CC)c1S(N)(=O)=O. The molecule has 0 aromatic carbocycles. The molecule has 1 rings (SSSR count). The topological polar surface area (TPSA) is 98.2 Å². The van der Waals surface area contributed by atoms with Gasteiger partial charge in [-0.25, -0.2) is 13.6 Å². The molecule has 92 valence electrons. The normalized spacial score (nSPS) is 12.0. The molecule has 0 atom stereocenters. The fourth-order valence-corrected chi connectivity index (χ4v) is 2.81. The first-order valence-electron chi connectivity index (χ1n) is 5.17. The average Bonchev–Trinajstić information content (AvgIpc) is 2.55. The van der Waals surface area contributed by atoms with Gasteiger partial charge >= 0.3 is 0 Å². The van der Waals surface area contributed by atoms with E-state index < -0.39 is 10.0 Å². The highest BCUT2D eigenvalue weighted by molar-refractivity contribution is 7.89. The number of nitrogens with zero attached hydrogens (tertiary/aromatic N) is 2. The molecule has 16 heavy (non-hydrogen) atoms. The summed E-state index contributed by atoms with van der Waals surface area (Å²) in [6.07, 6.45) is 1.01. The van der Waals surface area contributed by atoms with Gasteiger partial charge in [-0.15, -0.1) is 0 Å². The summed E-state index contributed by atoms with van der Waals surface area (Å²) in [4.78, 5) is 0.117. The van der Waals surface area contributed by atoms with Gasteiger partial charge in [0.25, 0.3) is 0 Å². The first kappa shape index (κ1) is 13.1. The molecule has 1 heterocycles. The Balaban J connectivity index is 3.43. The van der Waals surface area contributed by atoms with Gasteiger partial charge in [-0.2, -0.15) is 5.10 Å². The van der Waals surface area contributed by atoms with Crippen LogP contribution >= 0.6 is 0 Å². The molecule has 0 aliphatic carbocycles. The summed E-state index contributed by atoms with van der Waals surface area (Å²) in [6, 6.07) is 0. The molecule has 0 aliphatic heterocycles. The summed E-state index contributed by atoms with van der Waals surface area (Å²) in [5.41, 5.74) is 1.03. The second-order valence-electron chi connectivity index (χ2n) is 3.42. The van der Waals surface area contributed by atoms with Crippen LogP contribution in [0.5, 0.6) is 0 Å². The van der Waals surface area contributed by atoms with Crippen molar-refractivity contribution >= 4 is 10.0 Å². The van der Waals surface area contributed by atoms with Crippen LogP contribution in [0.25, 0.3) is 0 Å². The molecule has 1 aromatic heterocycles. The van der Waals surface area contributed by atoms with Gasteiger partial charge in [0.1, 0.15) is 4.90 Å². The Morgan fingerprint density at radius 2 is 2.00 bits per heavy atom. The zero-order valence-corrected chi connectivity index (χ0v) is 10.3. The Hall–Kier alpha value is -0.920. The molecule has 0 saturated heterocycles. The summed E-state index contributed by atoms with van der Waals surface area (Å²) < 4.78 is 24.5. The maximum absolute atomic E-state index is 11.5. The largest absolute Gasteiger partial charge is 0.394 e. The summed E-state index contributed by atoms with van der Waals surface area (Å²) in [5, 5.41) is 18.2. The first-order valence-corrected chi connectivity index (χ1v) is 6.72. The maximum Gasteiger partial charge on any atom is 0.241 e. The van der Waals surface area contributed by atoms with Crippen molar-refractivity contribution in [3.63, 3.8) is 0 Å². The monoisotopic (exact) mass is 247 g/mol. The lowest BCUT2D eigenvalue weighted by Crippen LogP contribution is -2.16. The van der Waals surface area contributed by atoms with Crippen molar-refractivity contribution < 1.29 is 13.5 Å². The molecule has 0 unspecified atom stereocenters. The van der Waals surface area contributed by atoms with Crippen LogP contribution in [0.15, 0.2) is 4.90 Å². The number of aliphatic hydroxyl groups excluding tert-OH is 1. The number of rotatable bonds is 5. The van der Waals surface area contributed by atoms with Crippen molar-refractivity contribution in [1.82, 2.24) is 9.78 Å². The molecule has 0 spiro atoms. The highest BCUT2D eigenvalue weighted by Gasteiger charge is 2.23. The third-order valence-electron chi connectivity index (χ3n) is 2.34. The van der Waals surface area contributed by atoms with Gasteiger partial charge in [-0.1, -0.05) is 13.8 Å². The van der Waals surface area contributed by atoms with E-state index in [1.54, 1.807) is 0 Å². The van der Waals surface area contributed by atoms with E-state index in [9.17, 15) is 8.42 Å². The van der Waals surface area contributed by atoms with Gasteiger partial charge in [0.05, 0.1) is 24.5 Å². The van der Waals surface area contributed by atoms with Gasteiger partial charge < -0.3 is 5.11 Å². The standard InChI is InChI=1S/C9H17N3O3S/c1-3-7-9(16(10,14)15)8(4-2)12(11-7)5-6-13/h13H,3-6H2,1-2H3,(H2,10,14,15). The zero-order valence-electron chi connectivity index (χ0n) is 9.47. The van der Waals surface area contributed by atoms with Crippen LogP contribution in [0.3, 0.4) is 0 Å². The summed E-state index contributed by atoms with van der Waals surface area (Å²) in [7, 11) is -3.75. The Kier molecular flexibility index (Phi) is 4.06. The van der Waals surface area contributed by atoms with E-state index in [1.165, 1.54) is 4.68 Å². The van der Waals surface area contributed by atoms with Gasteiger partial charge in [-0.05, 0) is 12.8 Å². The number of sulfonamides is 1. The van der Waals surface area contributed by atoms with Crippen molar-refractivity contribution in [3.05, 3.63) is 11.4 Å². The van der Waals surface area contributed by atoms with E-state index in [2.05, 4.69) is 5.10 Å². The van der Waals surface area contributed by atoms with Gasteiger partial charge in [0.15, 0.2) is 0 Å². The van der Waals surface area contributed by atoms with Crippen LogP contribution in [0.2, 0.25) is 0 Å². The van der Waals surface area contributed by atoms with E-state index in [1.807, 2.05) is 13.8 Å². The number of hydrogen-bond donors (Lipinski definition) is 2. The van der Waals surface area contributed by atoms with Crippen LogP contribution < -0.4 is 5.14 Å². The lowest BCUT2D eigenvalue weighted by Gasteiger charge is -2.04. The Morgan fingerprint density at radius 1 is 1.38 bits per heavy atom. The molecule has 0 aliphatic rings. The predicted molar refractivity (Wildman–Crippen MR) is 59.4 cm³/mol. The maximum atomic E-state index is 11.5. The van der Waals surface area contributed by atoms with Gasteiger partial charge in [0.2, 0.25) is 10.0 Å². The molecule has 7 heteroatoms.